The second-order valence-electron chi connectivity index (χ2n) is 2.32. The van der Waals surface area contributed by atoms with Crippen LogP contribution in [0.3, 0.4) is 0 Å². The van der Waals surface area contributed by atoms with Gasteiger partial charge in [-0.1, -0.05) is 19.8 Å². The fourth-order valence-electron chi connectivity index (χ4n) is 0.650. The first kappa shape index (κ1) is 9.43. The van der Waals surface area contributed by atoms with Gasteiger partial charge in [0.25, 0.3) is 0 Å². The molecule has 0 aromatic rings. The molecule has 1 amide bonds. The molecule has 10 heavy (non-hydrogen) atoms. The molecule has 0 aromatic carbocycles. The van der Waals surface area contributed by atoms with E-state index in [9.17, 15) is 4.79 Å². The normalized spacial score (nSPS) is 9.40. The van der Waals surface area contributed by atoms with Gasteiger partial charge in [0.1, 0.15) is 0 Å². The average Bonchev–Trinajstić information content (AvgIpc) is 1.87. The van der Waals surface area contributed by atoms with E-state index in [0.717, 1.165) is 13.0 Å². The molecule has 3 nitrogen and oxygen atoms in total. The van der Waals surface area contributed by atoms with Crippen LogP contribution in [-0.4, -0.2) is 12.5 Å². The Bertz CT molecular complexity index is 93.6. The first-order valence-corrected chi connectivity index (χ1v) is 3.76. The zero-order valence-electron chi connectivity index (χ0n) is 6.74. The van der Waals surface area contributed by atoms with Crippen LogP contribution < -0.4 is 10.9 Å². The first-order valence-electron chi connectivity index (χ1n) is 3.76. The monoisotopic (exact) mass is 144 g/mol. The van der Waals surface area contributed by atoms with Crippen LogP contribution in [0.4, 0.5) is 0 Å². The summed E-state index contributed by atoms with van der Waals surface area (Å²) in [5.41, 5.74) is 5.34. The van der Waals surface area contributed by atoms with E-state index < -0.39 is 0 Å². The van der Waals surface area contributed by atoms with E-state index in [1.54, 1.807) is 0 Å². The Morgan fingerprint density at radius 2 is 2.10 bits per heavy atom. The van der Waals surface area contributed by atoms with Gasteiger partial charge in [-0.2, -0.15) is 0 Å². The van der Waals surface area contributed by atoms with Gasteiger partial charge in [-0.15, -0.1) is 0 Å². The number of unbranched alkanes of at least 4 members (excludes halogenated alkanes) is 2. The highest BCUT2D eigenvalue weighted by Crippen LogP contribution is 1.89. The van der Waals surface area contributed by atoms with Gasteiger partial charge in [0.05, 0.1) is 0 Å². The summed E-state index contributed by atoms with van der Waals surface area (Å²) in [6.45, 7) is 4.51. The van der Waals surface area contributed by atoms with Crippen LogP contribution in [0.2, 0.25) is 0 Å². The molecule has 60 valence electrons. The van der Waals surface area contributed by atoms with Crippen molar-refractivity contribution >= 4 is 5.91 Å². The Labute approximate surface area is 62.2 Å². The minimum absolute atomic E-state index is 0.0310. The molecule has 0 spiro atoms. The first-order chi connectivity index (χ1) is 4.77. The second kappa shape index (κ2) is 6.55. The lowest BCUT2D eigenvalue weighted by atomic mass is 10.2. The third kappa shape index (κ3) is 7.43. The molecule has 0 saturated heterocycles. The van der Waals surface area contributed by atoms with Crippen LogP contribution in [0.15, 0.2) is 0 Å². The van der Waals surface area contributed by atoms with Gasteiger partial charge < -0.3 is 0 Å². The van der Waals surface area contributed by atoms with Crippen LogP contribution in [0.25, 0.3) is 0 Å². The molecule has 3 heteroatoms. The quantitative estimate of drug-likeness (QED) is 0.443. The molecule has 0 unspecified atom stereocenters. The summed E-state index contributed by atoms with van der Waals surface area (Å²) in [4.78, 5) is 10.3. The number of hydrazine groups is 1. The minimum atomic E-state index is -0.0310. The SMILES string of the molecule is CCCCCNNC(C)=O. The summed E-state index contributed by atoms with van der Waals surface area (Å²) in [6, 6.07) is 0. The Hall–Kier alpha value is -0.570. The Morgan fingerprint density at radius 1 is 1.40 bits per heavy atom. The number of carbonyl (C=O) groups is 1. The number of amides is 1. The Balaban J connectivity index is 2.84. The molecule has 0 aliphatic carbocycles. The molecule has 2 N–H and O–H groups in total. The Morgan fingerprint density at radius 3 is 2.60 bits per heavy atom. The lowest BCUT2D eigenvalue weighted by Gasteiger charge is -2.02. The Kier molecular flexibility index (Phi) is 6.18. The number of carbonyl (C=O) groups excluding carboxylic acids is 1. The summed E-state index contributed by atoms with van der Waals surface area (Å²) in [5, 5.41) is 0. The van der Waals surface area contributed by atoms with Gasteiger partial charge in [-0.25, -0.2) is 5.43 Å². The van der Waals surface area contributed by atoms with Crippen molar-refractivity contribution < 1.29 is 4.79 Å². The molecule has 0 fully saturated rings. The highest BCUT2D eigenvalue weighted by Gasteiger charge is 1.87. The molecular formula is C7H16N2O. The van der Waals surface area contributed by atoms with Crippen molar-refractivity contribution in [1.29, 1.82) is 0 Å². The van der Waals surface area contributed by atoms with Gasteiger partial charge in [0.2, 0.25) is 5.91 Å². The molecule has 0 heterocycles. The van der Waals surface area contributed by atoms with Crippen LogP contribution in [0.5, 0.6) is 0 Å². The van der Waals surface area contributed by atoms with Crippen molar-refractivity contribution in [3.8, 4) is 0 Å². The van der Waals surface area contributed by atoms with Gasteiger partial charge in [-0.3, -0.25) is 10.2 Å². The molecule has 0 saturated carbocycles. The predicted octanol–water partition coefficient (Wildman–Crippen LogP) is 0.817. The van der Waals surface area contributed by atoms with Crippen LogP contribution in [0.1, 0.15) is 33.1 Å². The van der Waals surface area contributed by atoms with Crippen LogP contribution in [-0.2, 0) is 4.79 Å². The van der Waals surface area contributed by atoms with E-state index in [4.69, 9.17) is 0 Å². The van der Waals surface area contributed by atoms with Crippen molar-refractivity contribution in [2.45, 2.75) is 33.1 Å². The second-order valence-corrected chi connectivity index (χ2v) is 2.32. The molecule has 0 aliphatic rings. The zero-order valence-corrected chi connectivity index (χ0v) is 6.74. The molecular weight excluding hydrogens is 128 g/mol. The van der Waals surface area contributed by atoms with E-state index in [0.29, 0.717) is 0 Å². The maximum atomic E-state index is 10.3. The van der Waals surface area contributed by atoms with Crippen molar-refractivity contribution in [2.75, 3.05) is 6.54 Å². The molecule has 0 rings (SSSR count). The fourth-order valence-corrected chi connectivity index (χ4v) is 0.650. The summed E-state index contributed by atoms with van der Waals surface area (Å²) in [5.74, 6) is -0.0310. The fraction of sp³-hybridized carbons (Fsp3) is 0.857. The van der Waals surface area contributed by atoms with Crippen LogP contribution >= 0.6 is 0 Å². The smallest absolute Gasteiger partial charge is 0.230 e. The average molecular weight is 144 g/mol. The molecule has 0 aliphatic heterocycles. The number of hydrogen-bond donors (Lipinski definition) is 2. The van der Waals surface area contributed by atoms with Gasteiger partial charge >= 0.3 is 0 Å². The van der Waals surface area contributed by atoms with Crippen molar-refractivity contribution in [3.63, 3.8) is 0 Å². The third-order valence-corrected chi connectivity index (χ3v) is 1.17. The van der Waals surface area contributed by atoms with Crippen molar-refractivity contribution in [1.82, 2.24) is 10.9 Å². The van der Waals surface area contributed by atoms with E-state index in [1.807, 2.05) is 0 Å². The van der Waals surface area contributed by atoms with Crippen molar-refractivity contribution in [3.05, 3.63) is 0 Å². The standard InChI is InChI=1S/C7H16N2O/c1-3-4-5-6-8-9-7(2)10/h8H,3-6H2,1-2H3,(H,9,10). The molecule has 0 aromatic heterocycles. The van der Waals surface area contributed by atoms with Gasteiger partial charge in [0.15, 0.2) is 0 Å². The summed E-state index contributed by atoms with van der Waals surface area (Å²) in [6.07, 6.45) is 3.55. The van der Waals surface area contributed by atoms with Gasteiger partial charge in [-0.05, 0) is 6.42 Å². The number of nitrogens with one attached hydrogen (secondary N) is 2. The van der Waals surface area contributed by atoms with E-state index in [1.165, 1.54) is 19.8 Å². The third-order valence-electron chi connectivity index (χ3n) is 1.17. The summed E-state index contributed by atoms with van der Waals surface area (Å²) >= 11 is 0. The molecule has 0 bridgehead atoms. The maximum absolute atomic E-state index is 10.3. The minimum Gasteiger partial charge on any atom is -0.292 e. The highest BCUT2D eigenvalue weighted by molar-refractivity contribution is 5.72. The van der Waals surface area contributed by atoms with E-state index in [2.05, 4.69) is 17.8 Å². The number of hydrogen-bond acceptors (Lipinski definition) is 2. The lowest BCUT2D eigenvalue weighted by Crippen LogP contribution is -2.36. The van der Waals surface area contributed by atoms with Crippen LogP contribution in [0, 0.1) is 0 Å². The van der Waals surface area contributed by atoms with Gasteiger partial charge in [0, 0.05) is 13.5 Å². The predicted molar refractivity (Wildman–Crippen MR) is 41.3 cm³/mol. The van der Waals surface area contributed by atoms with Crippen molar-refractivity contribution in [2.24, 2.45) is 0 Å². The van der Waals surface area contributed by atoms with E-state index >= 15 is 0 Å². The maximum Gasteiger partial charge on any atom is 0.230 e. The topological polar surface area (TPSA) is 41.1 Å². The lowest BCUT2D eigenvalue weighted by molar-refractivity contribution is -0.119. The van der Waals surface area contributed by atoms with E-state index in [-0.39, 0.29) is 5.91 Å². The molecule has 0 atom stereocenters. The largest absolute Gasteiger partial charge is 0.292 e. The zero-order chi connectivity index (χ0) is 7.82. The molecule has 0 radical (unpaired) electrons. The summed E-state index contributed by atoms with van der Waals surface area (Å²) < 4.78 is 0. The number of rotatable bonds is 5. The summed E-state index contributed by atoms with van der Waals surface area (Å²) in [7, 11) is 0. The highest BCUT2D eigenvalue weighted by atomic mass is 16.2.